The van der Waals surface area contributed by atoms with Gasteiger partial charge in [0.2, 0.25) is 0 Å². The van der Waals surface area contributed by atoms with Gasteiger partial charge in [-0.3, -0.25) is 9.69 Å². The van der Waals surface area contributed by atoms with Crippen molar-refractivity contribution >= 4 is 17.6 Å². The van der Waals surface area contributed by atoms with E-state index in [1.54, 1.807) is 12.1 Å². The number of ether oxygens (including phenoxy) is 1. The maximum Gasteiger partial charge on any atom is 0.309 e. The van der Waals surface area contributed by atoms with E-state index in [1.165, 1.54) is 0 Å². The zero-order valence-electron chi connectivity index (χ0n) is 15.3. The highest BCUT2D eigenvalue weighted by Gasteiger charge is 2.32. The molecule has 0 aliphatic carbocycles. The summed E-state index contributed by atoms with van der Waals surface area (Å²) in [6.45, 7) is 6.32. The molecule has 5 nitrogen and oxygen atoms in total. The van der Waals surface area contributed by atoms with E-state index in [4.69, 9.17) is 26.7 Å². The van der Waals surface area contributed by atoms with Gasteiger partial charge in [0.15, 0.2) is 0 Å². The van der Waals surface area contributed by atoms with Gasteiger partial charge in [0, 0.05) is 19.6 Å². The van der Waals surface area contributed by atoms with Gasteiger partial charge < -0.3 is 9.84 Å². The molecule has 3 rings (SSSR count). The number of likely N-dealkylation sites (tertiary alicyclic amines) is 1. The lowest BCUT2D eigenvalue weighted by Crippen LogP contribution is -2.49. The molecule has 0 aromatic heterocycles. The van der Waals surface area contributed by atoms with Crippen molar-refractivity contribution in [3.05, 3.63) is 63.2 Å². The predicted octanol–water partition coefficient (Wildman–Crippen LogP) is 3.92. The molecule has 2 aromatic carbocycles. The molecule has 1 saturated heterocycles. The molecule has 1 heterocycles. The molecule has 0 saturated carbocycles. The highest BCUT2D eigenvalue weighted by molar-refractivity contribution is 6.31. The number of benzene rings is 2. The van der Waals surface area contributed by atoms with Crippen LogP contribution in [0, 0.1) is 31.1 Å². The lowest BCUT2D eigenvalue weighted by Gasteiger charge is -2.36. The van der Waals surface area contributed by atoms with Crippen molar-refractivity contribution < 1.29 is 14.6 Å². The Kier molecular flexibility index (Phi) is 5.69. The van der Waals surface area contributed by atoms with Crippen LogP contribution in [0.3, 0.4) is 0 Å². The maximum absolute atomic E-state index is 10.9. The fraction of sp³-hybridized carbons (Fsp3) is 0.333. The lowest BCUT2D eigenvalue weighted by molar-refractivity contribution is -0.147. The van der Waals surface area contributed by atoms with Crippen LogP contribution in [0.1, 0.15) is 27.8 Å². The second-order valence-electron chi connectivity index (χ2n) is 7.00. The van der Waals surface area contributed by atoms with Gasteiger partial charge in [-0.1, -0.05) is 29.8 Å². The number of aliphatic carboxylic acids is 1. The Morgan fingerprint density at radius 2 is 1.93 bits per heavy atom. The number of rotatable bonds is 6. The van der Waals surface area contributed by atoms with Gasteiger partial charge >= 0.3 is 5.97 Å². The molecular weight excluding hydrogens is 364 g/mol. The average molecular weight is 385 g/mol. The molecule has 1 N–H and O–H groups in total. The van der Waals surface area contributed by atoms with Gasteiger partial charge in [-0.2, -0.15) is 5.26 Å². The largest absolute Gasteiger partial charge is 0.488 e. The van der Waals surface area contributed by atoms with Crippen LogP contribution in [-0.4, -0.2) is 29.1 Å². The minimum absolute atomic E-state index is 0.243. The van der Waals surface area contributed by atoms with Crippen LogP contribution in [0.15, 0.2) is 30.3 Å². The Hall–Kier alpha value is -2.55. The number of carboxylic acids is 1. The Morgan fingerprint density at radius 3 is 2.52 bits per heavy atom. The summed E-state index contributed by atoms with van der Waals surface area (Å²) in [7, 11) is 0. The summed E-state index contributed by atoms with van der Waals surface area (Å²) in [6, 6.07) is 11.5. The second-order valence-corrected chi connectivity index (χ2v) is 7.41. The Balaban J connectivity index is 1.65. The van der Waals surface area contributed by atoms with E-state index >= 15 is 0 Å². The van der Waals surface area contributed by atoms with Crippen molar-refractivity contribution in [2.24, 2.45) is 5.92 Å². The fourth-order valence-corrected chi connectivity index (χ4v) is 3.54. The normalized spacial score (nSPS) is 14.4. The number of nitriles is 1. The molecule has 0 amide bonds. The van der Waals surface area contributed by atoms with Crippen LogP contribution >= 0.6 is 11.6 Å². The molecule has 0 radical (unpaired) electrons. The lowest BCUT2D eigenvalue weighted by atomic mass is 9.98. The Bertz CT molecular complexity index is 891. The first-order chi connectivity index (χ1) is 12.9. The molecule has 1 aliphatic rings. The SMILES string of the molecule is Cc1cc(CN2CC(C(=O)O)C2)cc(C)c1OCc1ccc(Cl)c(C#N)c1. The van der Waals surface area contributed by atoms with E-state index in [0.717, 1.165) is 34.5 Å². The van der Waals surface area contributed by atoms with Crippen molar-refractivity contribution in [3.63, 3.8) is 0 Å². The van der Waals surface area contributed by atoms with Crippen molar-refractivity contribution in [2.45, 2.75) is 27.0 Å². The number of carboxylic acid groups (broad SMARTS) is 1. The van der Waals surface area contributed by atoms with E-state index in [9.17, 15) is 4.79 Å². The number of aryl methyl sites for hydroxylation is 2. The van der Waals surface area contributed by atoms with Crippen LogP contribution in [0.4, 0.5) is 0 Å². The zero-order chi connectivity index (χ0) is 19.6. The van der Waals surface area contributed by atoms with Crippen LogP contribution in [0.25, 0.3) is 0 Å². The summed E-state index contributed by atoms with van der Waals surface area (Å²) in [5.41, 5.74) is 4.55. The summed E-state index contributed by atoms with van der Waals surface area (Å²) >= 11 is 5.97. The van der Waals surface area contributed by atoms with E-state index in [-0.39, 0.29) is 5.92 Å². The molecule has 27 heavy (non-hydrogen) atoms. The molecular formula is C21H21ClN2O3. The summed E-state index contributed by atoms with van der Waals surface area (Å²) < 4.78 is 6.00. The standard InChI is InChI=1S/C21H21ClN2O3/c1-13-5-16(9-24-10-18(11-24)21(25)26)6-14(2)20(13)27-12-15-3-4-19(22)17(7-15)8-23/h3-7,18H,9-12H2,1-2H3,(H,25,26). The van der Waals surface area contributed by atoms with E-state index in [1.807, 2.05) is 19.9 Å². The van der Waals surface area contributed by atoms with Gasteiger partial charge in [0.05, 0.1) is 16.5 Å². The van der Waals surface area contributed by atoms with Gasteiger partial charge in [-0.25, -0.2) is 0 Å². The molecule has 1 fully saturated rings. The molecule has 0 unspecified atom stereocenters. The predicted molar refractivity (Wildman–Crippen MR) is 103 cm³/mol. The maximum atomic E-state index is 10.9. The fourth-order valence-electron chi connectivity index (χ4n) is 3.38. The van der Waals surface area contributed by atoms with Crippen molar-refractivity contribution in [1.29, 1.82) is 5.26 Å². The van der Waals surface area contributed by atoms with Gasteiger partial charge in [-0.05, 0) is 48.2 Å². The molecule has 2 aromatic rings. The van der Waals surface area contributed by atoms with Gasteiger partial charge in [0.25, 0.3) is 0 Å². The van der Waals surface area contributed by atoms with Crippen molar-refractivity contribution in [1.82, 2.24) is 4.90 Å². The van der Waals surface area contributed by atoms with Crippen molar-refractivity contribution in [3.8, 4) is 11.8 Å². The van der Waals surface area contributed by atoms with E-state index in [2.05, 4.69) is 23.1 Å². The van der Waals surface area contributed by atoms with Gasteiger partial charge in [0.1, 0.15) is 18.4 Å². The zero-order valence-corrected chi connectivity index (χ0v) is 16.1. The first-order valence-electron chi connectivity index (χ1n) is 8.74. The van der Waals surface area contributed by atoms with E-state index in [0.29, 0.717) is 30.3 Å². The topological polar surface area (TPSA) is 73.6 Å². The summed E-state index contributed by atoms with van der Waals surface area (Å²) in [5, 5.41) is 18.5. The van der Waals surface area contributed by atoms with Crippen LogP contribution in [0.2, 0.25) is 5.02 Å². The highest BCUT2D eigenvalue weighted by Crippen LogP contribution is 2.28. The highest BCUT2D eigenvalue weighted by atomic mass is 35.5. The molecule has 0 spiro atoms. The smallest absolute Gasteiger partial charge is 0.309 e. The molecule has 0 bridgehead atoms. The van der Waals surface area contributed by atoms with Crippen LogP contribution in [-0.2, 0) is 17.9 Å². The number of carbonyl (C=O) groups is 1. The summed E-state index contributed by atoms with van der Waals surface area (Å²) in [4.78, 5) is 13.0. The quantitative estimate of drug-likeness (QED) is 0.816. The third-order valence-electron chi connectivity index (χ3n) is 4.77. The molecule has 0 atom stereocenters. The number of hydrogen-bond donors (Lipinski definition) is 1. The van der Waals surface area contributed by atoms with E-state index < -0.39 is 5.97 Å². The minimum Gasteiger partial charge on any atom is -0.488 e. The molecule has 140 valence electrons. The third-order valence-corrected chi connectivity index (χ3v) is 5.10. The van der Waals surface area contributed by atoms with Crippen molar-refractivity contribution in [2.75, 3.05) is 13.1 Å². The summed E-state index contributed by atoms with van der Waals surface area (Å²) in [5.74, 6) is -0.129. The second kappa shape index (κ2) is 7.99. The minimum atomic E-state index is -0.718. The summed E-state index contributed by atoms with van der Waals surface area (Å²) in [6.07, 6.45) is 0. The number of nitrogens with zero attached hydrogens (tertiary/aromatic N) is 2. The third kappa shape index (κ3) is 4.41. The van der Waals surface area contributed by atoms with Gasteiger partial charge in [-0.15, -0.1) is 0 Å². The molecule has 6 heteroatoms. The molecule has 1 aliphatic heterocycles. The first-order valence-corrected chi connectivity index (χ1v) is 9.11. The number of hydrogen-bond acceptors (Lipinski definition) is 4. The monoisotopic (exact) mass is 384 g/mol. The average Bonchev–Trinajstić information content (AvgIpc) is 2.58. The Labute approximate surface area is 163 Å². The van der Waals surface area contributed by atoms with Crippen LogP contribution < -0.4 is 4.74 Å². The number of halogens is 1. The van der Waals surface area contributed by atoms with Crippen LogP contribution in [0.5, 0.6) is 5.75 Å². The Morgan fingerprint density at radius 1 is 1.26 bits per heavy atom. The first kappa shape index (κ1) is 19.2.